The van der Waals surface area contributed by atoms with Crippen LogP contribution in [0.5, 0.6) is 5.75 Å². The van der Waals surface area contributed by atoms with Crippen molar-refractivity contribution in [1.29, 1.82) is 0 Å². The van der Waals surface area contributed by atoms with E-state index >= 15 is 0 Å². The maximum absolute atomic E-state index is 12.3. The molecule has 2 rings (SSSR count). The molecule has 1 amide bonds. The molecule has 0 bridgehead atoms. The van der Waals surface area contributed by atoms with Crippen molar-refractivity contribution in [3.63, 3.8) is 0 Å². The van der Waals surface area contributed by atoms with Gasteiger partial charge in [-0.1, -0.05) is 12.1 Å². The topological polar surface area (TPSA) is 77.5 Å². The lowest BCUT2D eigenvalue weighted by Gasteiger charge is -2.12. The van der Waals surface area contributed by atoms with Crippen molar-refractivity contribution in [2.24, 2.45) is 0 Å². The molecule has 0 radical (unpaired) electrons. The predicted molar refractivity (Wildman–Crippen MR) is 88.0 cm³/mol. The molecule has 0 saturated carbocycles. The van der Waals surface area contributed by atoms with Crippen molar-refractivity contribution >= 4 is 29.3 Å². The fourth-order valence-electron chi connectivity index (χ4n) is 1.87. The van der Waals surface area contributed by atoms with Gasteiger partial charge in [0.15, 0.2) is 6.61 Å². The van der Waals surface area contributed by atoms with Gasteiger partial charge in [-0.3, -0.25) is 4.79 Å². The SMILES string of the molecule is CSc1ncccc1C(=O)OCC(=O)Nc1ccccc1OC(F)F. The number of alkyl halides is 2. The van der Waals surface area contributed by atoms with Gasteiger partial charge in [0.25, 0.3) is 5.91 Å². The first kappa shape index (κ1) is 18.7. The minimum absolute atomic E-state index is 0.0510. The van der Waals surface area contributed by atoms with Gasteiger partial charge >= 0.3 is 12.6 Å². The number of nitrogens with one attached hydrogen (secondary N) is 1. The monoisotopic (exact) mass is 368 g/mol. The molecule has 0 atom stereocenters. The van der Waals surface area contributed by atoms with E-state index in [2.05, 4.69) is 15.0 Å². The van der Waals surface area contributed by atoms with Crippen LogP contribution in [0, 0.1) is 0 Å². The summed E-state index contributed by atoms with van der Waals surface area (Å²) in [5.74, 6) is -1.58. The van der Waals surface area contributed by atoms with Crippen molar-refractivity contribution in [2.45, 2.75) is 11.6 Å². The number of nitrogens with zero attached hydrogens (tertiary/aromatic N) is 1. The number of amides is 1. The Morgan fingerprint density at radius 1 is 1.24 bits per heavy atom. The molecule has 132 valence electrons. The number of para-hydroxylation sites is 2. The quantitative estimate of drug-likeness (QED) is 0.597. The fourth-order valence-corrected chi connectivity index (χ4v) is 2.41. The van der Waals surface area contributed by atoms with Crippen LogP contribution < -0.4 is 10.1 Å². The summed E-state index contributed by atoms with van der Waals surface area (Å²) in [5, 5.41) is 2.83. The van der Waals surface area contributed by atoms with Gasteiger partial charge < -0.3 is 14.8 Å². The Kier molecular flexibility index (Phi) is 6.70. The van der Waals surface area contributed by atoms with Crippen LogP contribution in [0.2, 0.25) is 0 Å². The van der Waals surface area contributed by atoms with Crippen LogP contribution in [0.3, 0.4) is 0 Å². The van der Waals surface area contributed by atoms with Crippen molar-refractivity contribution in [3.05, 3.63) is 48.2 Å². The zero-order chi connectivity index (χ0) is 18.2. The molecule has 0 fully saturated rings. The lowest BCUT2D eigenvalue weighted by Crippen LogP contribution is -2.21. The normalized spacial score (nSPS) is 10.4. The Hall–Kier alpha value is -2.68. The molecule has 1 aromatic carbocycles. The molecule has 25 heavy (non-hydrogen) atoms. The molecule has 9 heteroatoms. The number of hydrogen-bond donors (Lipinski definition) is 1. The van der Waals surface area contributed by atoms with Gasteiger partial charge in [-0.05, 0) is 30.5 Å². The number of carbonyl (C=O) groups is 2. The average molecular weight is 368 g/mol. The summed E-state index contributed by atoms with van der Waals surface area (Å²) in [6.45, 7) is -3.60. The van der Waals surface area contributed by atoms with Crippen LogP contribution in [0.4, 0.5) is 14.5 Å². The zero-order valence-electron chi connectivity index (χ0n) is 13.1. The lowest BCUT2D eigenvalue weighted by atomic mass is 10.3. The number of esters is 1. The number of ether oxygens (including phenoxy) is 2. The maximum Gasteiger partial charge on any atom is 0.387 e. The Labute approximate surface area is 146 Å². The smallest absolute Gasteiger partial charge is 0.387 e. The molecule has 1 aromatic heterocycles. The molecule has 1 N–H and O–H groups in total. The molecule has 0 aliphatic heterocycles. The summed E-state index contributed by atoms with van der Waals surface area (Å²) in [6, 6.07) is 8.82. The van der Waals surface area contributed by atoms with E-state index in [0.717, 1.165) is 0 Å². The number of rotatable bonds is 7. The van der Waals surface area contributed by atoms with Crippen molar-refractivity contribution in [2.75, 3.05) is 18.2 Å². The molecule has 2 aromatic rings. The lowest BCUT2D eigenvalue weighted by molar-refractivity contribution is -0.119. The van der Waals surface area contributed by atoms with Gasteiger partial charge in [-0.15, -0.1) is 11.8 Å². The van der Waals surface area contributed by atoms with Gasteiger partial charge in [0.05, 0.1) is 11.3 Å². The van der Waals surface area contributed by atoms with E-state index in [-0.39, 0.29) is 17.0 Å². The van der Waals surface area contributed by atoms with E-state index in [1.165, 1.54) is 42.2 Å². The van der Waals surface area contributed by atoms with Crippen molar-refractivity contribution in [3.8, 4) is 5.75 Å². The maximum atomic E-state index is 12.3. The minimum Gasteiger partial charge on any atom is -0.452 e. The molecule has 0 aliphatic rings. The number of carbonyl (C=O) groups excluding carboxylic acids is 2. The second-order valence-electron chi connectivity index (χ2n) is 4.56. The Morgan fingerprint density at radius 2 is 2.00 bits per heavy atom. The van der Waals surface area contributed by atoms with Gasteiger partial charge in [-0.25, -0.2) is 9.78 Å². The van der Waals surface area contributed by atoms with Crippen LogP contribution >= 0.6 is 11.8 Å². The summed E-state index contributed by atoms with van der Waals surface area (Å²) in [4.78, 5) is 27.9. The number of halogens is 2. The van der Waals surface area contributed by atoms with Crippen LogP contribution in [-0.4, -0.2) is 36.3 Å². The van der Waals surface area contributed by atoms with E-state index in [0.29, 0.717) is 5.03 Å². The third kappa shape index (κ3) is 5.42. The highest BCUT2D eigenvalue weighted by atomic mass is 32.2. The summed E-state index contributed by atoms with van der Waals surface area (Å²) >= 11 is 1.27. The minimum atomic E-state index is -3.02. The Balaban J connectivity index is 1.96. The van der Waals surface area contributed by atoms with Gasteiger partial charge in [0.2, 0.25) is 0 Å². The highest BCUT2D eigenvalue weighted by Crippen LogP contribution is 2.25. The summed E-state index contributed by atoms with van der Waals surface area (Å²) in [5.41, 5.74) is 0.291. The summed E-state index contributed by atoms with van der Waals surface area (Å²) < 4.78 is 33.9. The molecule has 0 saturated heterocycles. The van der Waals surface area contributed by atoms with E-state index in [4.69, 9.17) is 4.74 Å². The van der Waals surface area contributed by atoms with Crippen molar-refractivity contribution in [1.82, 2.24) is 4.98 Å². The van der Waals surface area contributed by atoms with Crippen LogP contribution in [-0.2, 0) is 9.53 Å². The second-order valence-corrected chi connectivity index (χ2v) is 5.35. The highest BCUT2D eigenvalue weighted by molar-refractivity contribution is 7.98. The first-order valence-electron chi connectivity index (χ1n) is 7.01. The van der Waals surface area contributed by atoms with Crippen LogP contribution in [0.25, 0.3) is 0 Å². The molecular weight excluding hydrogens is 354 g/mol. The third-order valence-electron chi connectivity index (χ3n) is 2.90. The molecule has 0 unspecified atom stereocenters. The number of aromatic nitrogens is 1. The molecule has 0 aliphatic carbocycles. The van der Waals surface area contributed by atoms with Crippen molar-refractivity contribution < 1.29 is 27.8 Å². The Morgan fingerprint density at radius 3 is 2.72 bits per heavy atom. The van der Waals surface area contributed by atoms with Crippen LogP contribution in [0.1, 0.15) is 10.4 Å². The number of anilines is 1. The van der Waals surface area contributed by atoms with E-state index < -0.39 is 25.1 Å². The second kappa shape index (κ2) is 8.97. The standard InChI is InChI=1S/C16H14F2N2O4S/c1-25-14-10(5-4-8-19-14)15(22)23-9-13(21)20-11-6-2-3-7-12(11)24-16(17)18/h2-8,16H,9H2,1H3,(H,20,21). The molecule has 0 spiro atoms. The predicted octanol–water partition coefficient (Wildman–Crippen LogP) is 3.20. The zero-order valence-corrected chi connectivity index (χ0v) is 13.9. The number of benzene rings is 1. The van der Waals surface area contributed by atoms with Gasteiger partial charge in [0, 0.05) is 6.20 Å². The molecule has 6 nitrogen and oxygen atoms in total. The first-order chi connectivity index (χ1) is 12.0. The van der Waals surface area contributed by atoms with Gasteiger partial charge in [-0.2, -0.15) is 8.78 Å². The summed E-state index contributed by atoms with van der Waals surface area (Å²) in [7, 11) is 0. The number of thioether (sulfide) groups is 1. The summed E-state index contributed by atoms with van der Waals surface area (Å²) in [6.07, 6.45) is 3.29. The van der Waals surface area contributed by atoms with E-state index in [9.17, 15) is 18.4 Å². The Bertz CT molecular complexity index is 758. The largest absolute Gasteiger partial charge is 0.452 e. The molecule has 1 heterocycles. The van der Waals surface area contributed by atoms with E-state index in [1.54, 1.807) is 18.4 Å². The highest BCUT2D eigenvalue weighted by Gasteiger charge is 2.16. The average Bonchev–Trinajstić information content (AvgIpc) is 2.61. The molecular formula is C16H14F2N2O4S. The van der Waals surface area contributed by atoms with Crippen LogP contribution in [0.15, 0.2) is 47.6 Å². The number of pyridine rings is 1. The third-order valence-corrected chi connectivity index (χ3v) is 3.61. The number of hydrogen-bond acceptors (Lipinski definition) is 6. The first-order valence-corrected chi connectivity index (χ1v) is 8.23. The fraction of sp³-hybridized carbons (Fsp3) is 0.188. The van der Waals surface area contributed by atoms with Gasteiger partial charge in [0.1, 0.15) is 10.8 Å². The van der Waals surface area contributed by atoms with E-state index in [1.807, 2.05) is 0 Å².